The average molecular weight is 279 g/mol. The van der Waals surface area contributed by atoms with E-state index < -0.39 is 5.82 Å². The summed E-state index contributed by atoms with van der Waals surface area (Å²) in [7, 11) is 0. The number of nitrogens with one attached hydrogen (secondary N) is 1. The Morgan fingerprint density at radius 1 is 1.26 bits per heavy atom. The Morgan fingerprint density at radius 2 is 2.05 bits per heavy atom. The third-order valence-corrected chi connectivity index (χ3v) is 3.23. The minimum atomic E-state index is -0.420. The third-order valence-electron chi connectivity index (χ3n) is 2.94. The molecular weight excluding hydrogens is 263 g/mol. The lowest BCUT2D eigenvalue weighted by molar-refractivity contribution is 0.626. The first kappa shape index (κ1) is 13.8. The standard InChI is InChI=1S/C15H16ClFN2/c1-10-3-2-4-12(7-10)19-15(9-18)11-5-6-14(17)13(16)8-11/h2-8,15,19H,9,18H2,1H3. The molecular formula is C15H16ClFN2. The Balaban J connectivity index is 2.22. The molecule has 0 aliphatic carbocycles. The van der Waals surface area contributed by atoms with Gasteiger partial charge in [0.2, 0.25) is 0 Å². The maximum absolute atomic E-state index is 13.2. The van der Waals surface area contributed by atoms with E-state index in [1.165, 1.54) is 6.07 Å². The number of anilines is 1. The minimum Gasteiger partial charge on any atom is -0.377 e. The molecule has 0 radical (unpaired) electrons. The van der Waals surface area contributed by atoms with Crippen molar-refractivity contribution in [2.45, 2.75) is 13.0 Å². The van der Waals surface area contributed by atoms with Crippen LogP contribution in [0.3, 0.4) is 0 Å². The monoisotopic (exact) mass is 278 g/mol. The second-order valence-corrected chi connectivity index (χ2v) is 4.88. The first-order valence-corrected chi connectivity index (χ1v) is 6.46. The molecule has 0 bridgehead atoms. The Morgan fingerprint density at radius 3 is 2.68 bits per heavy atom. The molecule has 3 N–H and O–H groups in total. The molecule has 0 aliphatic heterocycles. The summed E-state index contributed by atoms with van der Waals surface area (Å²) in [4.78, 5) is 0. The van der Waals surface area contributed by atoms with Gasteiger partial charge >= 0.3 is 0 Å². The molecule has 19 heavy (non-hydrogen) atoms. The first-order chi connectivity index (χ1) is 9.10. The fourth-order valence-corrected chi connectivity index (χ4v) is 2.13. The van der Waals surface area contributed by atoms with Gasteiger partial charge in [0.25, 0.3) is 0 Å². The Bertz CT molecular complexity index is 572. The molecule has 2 rings (SSSR count). The van der Waals surface area contributed by atoms with Gasteiger partial charge in [-0.05, 0) is 42.3 Å². The van der Waals surface area contributed by atoms with Gasteiger partial charge in [-0.2, -0.15) is 0 Å². The molecule has 0 aliphatic rings. The van der Waals surface area contributed by atoms with Crippen molar-refractivity contribution < 1.29 is 4.39 Å². The van der Waals surface area contributed by atoms with Gasteiger partial charge in [-0.1, -0.05) is 29.8 Å². The molecule has 0 saturated heterocycles. The summed E-state index contributed by atoms with van der Waals surface area (Å²) in [6.45, 7) is 2.42. The predicted octanol–water partition coefficient (Wildman–Crippen LogP) is 3.90. The molecule has 1 atom stereocenters. The lowest BCUT2D eigenvalue weighted by Gasteiger charge is -2.19. The van der Waals surface area contributed by atoms with Crippen LogP contribution in [0.2, 0.25) is 5.02 Å². The highest BCUT2D eigenvalue weighted by molar-refractivity contribution is 6.30. The molecule has 0 aromatic heterocycles. The SMILES string of the molecule is Cc1cccc(NC(CN)c2ccc(F)c(Cl)c2)c1. The molecule has 0 amide bonds. The number of hydrogen-bond donors (Lipinski definition) is 2. The number of hydrogen-bond acceptors (Lipinski definition) is 2. The van der Waals surface area contributed by atoms with E-state index in [1.807, 2.05) is 31.2 Å². The fourth-order valence-electron chi connectivity index (χ4n) is 1.94. The molecule has 2 aromatic rings. The molecule has 4 heteroatoms. The van der Waals surface area contributed by atoms with Gasteiger partial charge in [0.05, 0.1) is 11.1 Å². The van der Waals surface area contributed by atoms with Gasteiger partial charge in [0.15, 0.2) is 0 Å². The summed E-state index contributed by atoms with van der Waals surface area (Å²) >= 11 is 5.80. The fraction of sp³-hybridized carbons (Fsp3) is 0.200. The number of aryl methyl sites for hydroxylation is 1. The molecule has 1 unspecified atom stereocenters. The van der Waals surface area contributed by atoms with E-state index in [-0.39, 0.29) is 11.1 Å². The zero-order chi connectivity index (χ0) is 13.8. The highest BCUT2D eigenvalue weighted by Crippen LogP contribution is 2.23. The van der Waals surface area contributed by atoms with Gasteiger partial charge in [-0.3, -0.25) is 0 Å². The van der Waals surface area contributed by atoms with Gasteiger partial charge in [-0.25, -0.2) is 4.39 Å². The minimum absolute atomic E-state index is 0.0973. The van der Waals surface area contributed by atoms with E-state index in [2.05, 4.69) is 5.32 Å². The van der Waals surface area contributed by atoms with Crippen molar-refractivity contribution in [1.82, 2.24) is 0 Å². The average Bonchev–Trinajstić information content (AvgIpc) is 2.39. The van der Waals surface area contributed by atoms with Crippen molar-refractivity contribution in [3.05, 3.63) is 64.4 Å². The van der Waals surface area contributed by atoms with E-state index in [0.717, 1.165) is 16.8 Å². The van der Waals surface area contributed by atoms with Crippen LogP contribution in [0.5, 0.6) is 0 Å². The van der Waals surface area contributed by atoms with Crippen LogP contribution in [0.15, 0.2) is 42.5 Å². The van der Waals surface area contributed by atoms with Gasteiger partial charge < -0.3 is 11.1 Å². The van der Waals surface area contributed by atoms with E-state index in [0.29, 0.717) is 6.54 Å². The van der Waals surface area contributed by atoms with Crippen LogP contribution in [-0.2, 0) is 0 Å². The van der Waals surface area contributed by atoms with E-state index in [1.54, 1.807) is 12.1 Å². The molecule has 2 aromatic carbocycles. The highest BCUT2D eigenvalue weighted by Gasteiger charge is 2.11. The summed E-state index contributed by atoms with van der Waals surface area (Å²) in [6.07, 6.45) is 0. The highest BCUT2D eigenvalue weighted by atomic mass is 35.5. The Kier molecular flexibility index (Phi) is 4.40. The van der Waals surface area contributed by atoms with Crippen LogP contribution in [0.25, 0.3) is 0 Å². The van der Waals surface area contributed by atoms with Gasteiger partial charge in [-0.15, -0.1) is 0 Å². The van der Waals surface area contributed by atoms with Crippen molar-refractivity contribution in [2.24, 2.45) is 5.73 Å². The summed E-state index contributed by atoms with van der Waals surface area (Å²) in [6, 6.07) is 12.6. The molecule has 0 saturated carbocycles. The van der Waals surface area contributed by atoms with Crippen molar-refractivity contribution >= 4 is 17.3 Å². The quantitative estimate of drug-likeness (QED) is 0.890. The van der Waals surface area contributed by atoms with E-state index in [9.17, 15) is 4.39 Å². The smallest absolute Gasteiger partial charge is 0.141 e. The van der Waals surface area contributed by atoms with Crippen molar-refractivity contribution in [3.8, 4) is 0 Å². The summed E-state index contributed by atoms with van der Waals surface area (Å²) in [5, 5.41) is 3.44. The van der Waals surface area contributed by atoms with Crippen LogP contribution in [0.1, 0.15) is 17.2 Å². The topological polar surface area (TPSA) is 38.0 Å². The molecule has 0 fully saturated rings. The molecule has 0 heterocycles. The van der Waals surface area contributed by atoms with Crippen LogP contribution < -0.4 is 11.1 Å². The Hall–Kier alpha value is -1.58. The zero-order valence-electron chi connectivity index (χ0n) is 10.7. The van der Waals surface area contributed by atoms with Gasteiger partial charge in [0, 0.05) is 12.2 Å². The van der Waals surface area contributed by atoms with Crippen molar-refractivity contribution in [1.29, 1.82) is 0 Å². The number of nitrogens with two attached hydrogens (primary N) is 1. The third kappa shape index (κ3) is 3.46. The molecule has 0 spiro atoms. The van der Waals surface area contributed by atoms with E-state index in [4.69, 9.17) is 17.3 Å². The lowest BCUT2D eigenvalue weighted by Crippen LogP contribution is -2.20. The van der Waals surface area contributed by atoms with Crippen LogP contribution in [0, 0.1) is 12.7 Å². The zero-order valence-corrected chi connectivity index (χ0v) is 11.4. The normalized spacial score (nSPS) is 12.2. The maximum atomic E-state index is 13.2. The number of halogens is 2. The Labute approximate surface area is 117 Å². The summed E-state index contributed by atoms with van der Waals surface area (Å²) < 4.78 is 13.2. The van der Waals surface area contributed by atoms with Gasteiger partial charge in [0.1, 0.15) is 5.82 Å². The van der Waals surface area contributed by atoms with Crippen molar-refractivity contribution in [2.75, 3.05) is 11.9 Å². The maximum Gasteiger partial charge on any atom is 0.141 e. The van der Waals surface area contributed by atoms with Crippen molar-refractivity contribution in [3.63, 3.8) is 0 Å². The molecule has 2 nitrogen and oxygen atoms in total. The number of rotatable bonds is 4. The summed E-state index contributed by atoms with van der Waals surface area (Å²) in [5.74, 6) is -0.420. The summed E-state index contributed by atoms with van der Waals surface area (Å²) in [5.41, 5.74) is 8.80. The van der Waals surface area contributed by atoms with Crippen LogP contribution in [0.4, 0.5) is 10.1 Å². The predicted molar refractivity (Wildman–Crippen MR) is 78.0 cm³/mol. The first-order valence-electron chi connectivity index (χ1n) is 6.08. The van der Waals surface area contributed by atoms with Crippen LogP contribution >= 0.6 is 11.6 Å². The second-order valence-electron chi connectivity index (χ2n) is 4.48. The largest absolute Gasteiger partial charge is 0.377 e. The second kappa shape index (κ2) is 6.04. The lowest BCUT2D eigenvalue weighted by atomic mass is 10.1. The molecule has 100 valence electrons. The number of benzene rings is 2. The van der Waals surface area contributed by atoms with E-state index >= 15 is 0 Å². The van der Waals surface area contributed by atoms with Crippen LogP contribution in [-0.4, -0.2) is 6.54 Å².